The number of fused-ring (bicyclic) bond motifs is 1. The van der Waals surface area contributed by atoms with Gasteiger partial charge in [0.1, 0.15) is 16.9 Å². The first-order chi connectivity index (χ1) is 8.03. The highest BCUT2D eigenvalue weighted by Gasteiger charge is 2.26. The van der Waals surface area contributed by atoms with Gasteiger partial charge in [-0.1, -0.05) is 22.9 Å². The summed E-state index contributed by atoms with van der Waals surface area (Å²) in [6, 6.07) is 7.68. The van der Waals surface area contributed by atoms with E-state index in [0.717, 1.165) is 22.0 Å². The van der Waals surface area contributed by atoms with Crippen LogP contribution in [0.5, 0.6) is 0 Å². The Morgan fingerprint density at radius 2 is 2.18 bits per heavy atom. The number of likely N-dealkylation sites (N-methyl/N-ethyl adjacent to an activating group) is 1. The Hall–Kier alpha value is -0.840. The predicted octanol–water partition coefficient (Wildman–Crippen LogP) is 3.01. The van der Waals surface area contributed by atoms with Crippen LogP contribution in [-0.2, 0) is 5.60 Å². The molecule has 2 aromatic rings. The first-order valence-corrected chi connectivity index (χ1v) is 6.45. The van der Waals surface area contributed by atoms with Crippen LogP contribution in [0.3, 0.4) is 0 Å². The molecular weight excluding hydrogens is 282 g/mol. The summed E-state index contributed by atoms with van der Waals surface area (Å²) in [6.45, 7) is 5.06. The largest absolute Gasteiger partial charge is 0.458 e. The molecule has 1 unspecified atom stereocenters. The lowest BCUT2D eigenvalue weighted by Crippen LogP contribution is -2.34. The van der Waals surface area contributed by atoms with E-state index in [-0.39, 0.29) is 0 Å². The van der Waals surface area contributed by atoms with Crippen LogP contribution in [0.15, 0.2) is 33.2 Å². The molecule has 0 aliphatic heterocycles. The third-order valence-electron chi connectivity index (χ3n) is 2.73. The van der Waals surface area contributed by atoms with Crippen molar-refractivity contribution in [3.05, 3.63) is 34.5 Å². The fourth-order valence-corrected chi connectivity index (χ4v) is 2.11. The minimum absolute atomic E-state index is 0.477. The third kappa shape index (κ3) is 2.70. The number of hydrogen-bond acceptors (Lipinski definition) is 3. The summed E-state index contributed by atoms with van der Waals surface area (Å²) >= 11 is 3.42. The first kappa shape index (κ1) is 12.6. The fraction of sp³-hybridized carbons (Fsp3) is 0.385. The summed E-state index contributed by atoms with van der Waals surface area (Å²) < 4.78 is 6.68. The van der Waals surface area contributed by atoms with Gasteiger partial charge in [0.15, 0.2) is 0 Å². The predicted molar refractivity (Wildman–Crippen MR) is 72.0 cm³/mol. The molecule has 0 saturated heterocycles. The molecule has 0 aliphatic carbocycles. The van der Waals surface area contributed by atoms with Gasteiger partial charge in [-0.2, -0.15) is 0 Å². The average molecular weight is 298 g/mol. The molecule has 0 fully saturated rings. The van der Waals surface area contributed by atoms with E-state index in [2.05, 4.69) is 21.2 Å². The SMILES string of the molecule is CCNCC(C)(O)c1cc2cc(Br)ccc2o1. The minimum atomic E-state index is -0.985. The minimum Gasteiger partial charge on any atom is -0.458 e. The van der Waals surface area contributed by atoms with Gasteiger partial charge in [-0.15, -0.1) is 0 Å². The molecule has 2 N–H and O–H groups in total. The van der Waals surface area contributed by atoms with Gasteiger partial charge in [0.2, 0.25) is 0 Å². The Morgan fingerprint density at radius 3 is 2.88 bits per heavy atom. The highest BCUT2D eigenvalue weighted by molar-refractivity contribution is 9.10. The van der Waals surface area contributed by atoms with Gasteiger partial charge in [-0.05, 0) is 37.7 Å². The van der Waals surface area contributed by atoms with Crippen molar-refractivity contribution in [2.24, 2.45) is 0 Å². The van der Waals surface area contributed by atoms with Gasteiger partial charge in [-0.25, -0.2) is 0 Å². The van der Waals surface area contributed by atoms with Crippen LogP contribution in [0, 0.1) is 0 Å². The van der Waals surface area contributed by atoms with E-state index in [9.17, 15) is 5.11 Å². The Balaban J connectivity index is 2.35. The highest BCUT2D eigenvalue weighted by Crippen LogP contribution is 2.29. The normalized spacial score (nSPS) is 15.1. The lowest BCUT2D eigenvalue weighted by Gasteiger charge is -2.20. The maximum atomic E-state index is 10.3. The number of aliphatic hydroxyl groups is 1. The van der Waals surface area contributed by atoms with Crippen molar-refractivity contribution >= 4 is 26.9 Å². The number of nitrogens with one attached hydrogen (secondary N) is 1. The van der Waals surface area contributed by atoms with Crippen molar-refractivity contribution in [1.82, 2.24) is 5.32 Å². The summed E-state index contributed by atoms with van der Waals surface area (Å²) in [5.74, 6) is 0.589. The van der Waals surface area contributed by atoms with E-state index in [0.29, 0.717) is 12.3 Å². The number of halogens is 1. The van der Waals surface area contributed by atoms with Crippen LogP contribution in [0.4, 0.5) is 0 Å². The van der Waals surface area contributed by atoms with Crippen molar-refractivity contribution in [3.8, 4) is 0 Å². The molecule has 17 heavy (non-hydrogen) atoms. The van der Waals surface area contributed by atoms with Crippen LogP contribution in [-0.4, -0.2) is 18.2 Å². The Morgan fingerprint density at radius 1 is 1.41 bits per heavy atom. The van der Waals surface area contributed by atoms with E-state index >= 15 is 0 Å². The molecule has 4 heteroatoms. The Labute approximate surface area is 109 Å². The number of hydrogen-bond donors (Lipinski definition) is 2. The molecule has 0 aliphatic rings. The topological polar surface area (TPSA) is 45.4 Å². The monoisotopic (exact) mass is 297 g/mol. The molecule has 1 heterocycles. The van der Waals surface area contributed by atoms with E-state index < -0.39 is 5.60 Å². The lowest BCUT2D eigenvalue weighted by atomic mass is 10.0. The highest BCUT2D eigenvalue weighted by atomic mass is 79.9. The molecule has 1 atom stereocenters. The average Bonchev–Trinajstić information content (AvgIpc) is 2.70. The maximum absolute atomic E-state index is 10.3. The first-order valence-electron chi connectivity index (χ1n) is 5.65. The van der Waals surface area contributed by atoms with Crippen LogP contribution >= 0.6 is 15.9 Å². The van der Waals surface area contributed by atoms with Crippen molar-refractivity contribution < 1.29 is 9.52 Å². The van der Waals surface area contributed by atoms with Gasteiger partial charge in [0.05, 0.1) is 0 Å². The molecule has 1 aromatic heterocycles. The zero-order valence-corrected chi connectivity index (χ0v) is 11.5. The second-order valence-electron chi connectivity index (χ2n) is 4.35. The summed E-state index contributed by atoms with van der Waals surface area (Å²) in [5, 5.41) is 14.4. The molecule has 0 amide bonds. The molecule has 0 bridgehead atoms. The van der Waals surface area contributed by atoms with E-state index in [1.165, 1.54) is 0 Å². The lowest BCUT2D eigenvalue weighted by molar-refractivity contribution is 0.0364. The van der Waals surface area contributed by atoms with Gasteiger partial charge in [0, 0.05) is 16.4 Å². The number of benzene rings is 1. The summed E-state index contributed by atoms with van der Waals surface area (Å²) in [5.41, 5.74) is -0.193. The van der Waals surface area contributed by atoms with Gasteiger partial charge >= 0.3 is 0 Å². The molecule has 1 aromatic carbocycles. The second kappa shape index (κ2) is 4.80. The second-order valence-corrected chi connectivity index (χ2v) is 5.26. The van der Waals surface area contributed by atoms with Crippen LogP contribution < -0.4 is 5.32 Å². The quantitative estimate of drug-likeness (QED) is 0.912. The smallest absolute Gasteiger partial charge is 0.137 e. The molecular formula is C13H16BrNO2. The van der Waals surface area contributed by atoms with E-state index in [1.54, 1.807) is 6.92 Å². The molecule has 2 rings (SSSR count). The molecule has 3 nitrogen and oxygen atoms in total. The zero-order valence-electron chi connectivity index (χ0n) is 9.96. The van der Waals surface area contributed by atoms with Gasteiger partial charge in [0.25, 0.3) is 0 Å². The van der Waals surface area contributed by atoms with E-state index in [4.69, 9.17) is 4.42 Å². The Bertz CT molecular complexity index is 519. The number of rotatable bonds is 4. The van der Waals surface area contributed by atoms with Crippen molar-refractivity contribution in [2.75, 3.05) is 13.1 Å². The standard InChI is InChI=1S/C13H16BrNO2/c1-3-15-8-13(2,16)12-7-9-6-10(14)4-5-11(9)17-12/h4-7,15-16H,3,8H2,1-2H3. The van der Waals surface area contributed by atoms with Crippen LogP contribution in [0.2, 0.25) is 0 Å². The van der Waals surface area contributed by atoms with Crippen LogP contribution in [0.1, 0.15) is 19.6 Å². The fourth-order valence-electron chi connectivity index (χ4n) is 1.74. The van der Waals surface area contributed by atoms with Crippen molar-refractivity contribution in [2.45, 2.75) is 19.4 Å². The maximum Gasteiger partial charge on any atom is 0.137 e. The number of furan rings is 1. The summed E-state index contributed by atoms with van der Waals surface area (Å²) in [4.78, 5) is 0. The summed E-state index contributed by atoms with van der Waals surface area (Å²) in [6.07, 6.45) is 0. The van der Waals surface area contributed by atoms with Crippen LogP contribution in [0.25, 0.3) is 11.0 Å². The molecule has 0 radical (unpaired) electrons. The zero-order chi connectivity index (χ0) is 12.5. The van der Waals surface area contributed by atoms with E-state index in [1.807, 2.05) is 31.2 Å². The summed E-state index contributed by atoms with van der Waals surface area (Å²) in [7, 11) is 0. The van der Waals surface area contributed by atoms with Crippen molar-refractivity contribution in [3.63, 3.8) is 0 Å². The molecule has 0 spiro atoms. The third-order valence-corrected chi connectivity index (χ3v) is 3.22. The molecule has 92 valence electrons. The Kier molecular flexibility index (Phi) is 3.56. The van der Waals surface area contributed by atoms with Crippen molar-refractivity contribution in [1.29, 1.82) is 0 Å². The van der Waals surface area contributed by atoms with Gasteiger partial charge in [-0.3, -0.25) is 0 Å². The van der Waals surface area contributed by atoms with Gasteiger partial charge < -0.3 is 14.8 Å². The molecule has 0 saturated carbocycles.